The number of carbonyl (C=O) groups excluding carboxylic acids is 1. The number of aromatic nitrogens is 3. The summed E-state index contributed by atoms with van der Waals surface area (Å²) in [7, 11) is 0. The van der Waals surface area contributed by atoms with Crippen LogP contribution in [-0.2, 0) is 16.0 Å². The quantitative estimate of drug-likeness (QED) is 0.662. The highest BCUT2D eigenvalue weighted by molar-refractivity contribution is 5.76. The molecule has 2 fully saturated rings. The zero-order chi connectivity index (χ0) is 17.2. The van der Waals surface area contributed by atoms with Crippen molar-refractivity contribution in [3.63, 3.8) is 0 Å². The van der Waals surface area contributed by atoms with E-state index >= 15 is 0 Å². The molecule has 1 aromatic heterocycles. The van der Waals surface area contributed by atoms with Crippen LogP contribution in [0.15, 0.2) is 0 Å². The van der Waals surface area contributed by atoms with Crippen molar-refractivity contribution in [3.8, 4) is 0 Å². The predicted octanol–water partition coefficient (Wildman–Crippen LogP) is -0.203. The molecule has 3 N–H and O–H groups in total. The number of aromatic amines is 1. The zero-order valence-corrected chi connectivity index (χ0v) is 14.1. The van der Waals surface area contributed by atoms with Crippen molar-refractivity contribution >= 4 is 5.91 Å². The van der Waals surface area contributed by atoms with E-state index in [0.29, 0.717) is 44.8 Å². The predicted molar refractivity (Wildman–Crippen MR) is 85.1 cm³/mol. The summed E-state index contributed by atoms with van der Waals surface area (Å²) >= 11 is 0. The fourth-order valence-corrected chi connectivity index (χ4v) is 3.86. The number of likely N-dealkylation sites (tertiary alicyclic amines) is 1. The summed E-state index contributed by atoms with van der Waals surface area (Å²) in [5, 5.41) is 25.9. The van der Waals surface area contributed by atoms with Crippen LogP contribution < -0.4 is 0 Å². The maximum Gasteiger partial charge on any atom is 0.223 e. The lowest BCUT2D eigenvalue weighted by atomic mass is 9.58. The van der Waals surface area contributed by atoms with E-state index in [2.05, 4.69) is 15.2 Å². The Morgan fingerprint density at radius 2 is 2.21 bits per heavy atom. The number of aliphatic hydroxyl groups is 2. The van der Waals surface area contributed by atoms with E-state index in [1.807, 2.05) is 11.8 Å². The molecule has 8 nitrogen and oxygen atoms in total. The minimum Gasteiger partial charge on any atom is -0.394 e. The number of ether oxygens (including phenoxy) is 1. The number of hydrogen-bond acceptors (Lipinski definition) is 6. The molecule has 1 saturated heterocycles. The normalized spacial score (nSPS) is 25.7. The molecule has 1 aliphatic heterocycles. The Labute approximate surface area is 141 Å². The first-order valence-electron chi connectivity index (χ1n) is 8.61. The van der Waals surface area contributed by atoms with Crippen LogP contribution in [0.2, 0.25) is 0 Å². The van der Waals surface area contributed by atoms with Gasteiger partial charge in [0.1, 0.15) is 5.82 Å². The lowest BCUT2D eigenvalue weighted by Crippen LogP contribution is -2.62. The Morgan fingerprint density at radius 1 is 1.46 bits per heavy atom. The van der Waals surface area contributed by atoms with E-state index in [-0.39, 0.29) is 30.1 Å². The second-order valence-electron chi connectivity index (χ2n) is 6.79. The summed E-state index contributed by atoms with van der Waals surface area (Å²) in [6, 6.07) is 0. The highest BCUT2D eigenvalue weighted by Gasteiger charge is 2.56. The Bertz CT molecular complexity index is 568. The number of carbonyl (C=O) groups is 1. The first-order chi connectivity index (χ1) is 11.5. The summed E-state index contributed by atoms with van der Waals surface area (Å²) in [6.45, 7) is 3.41. The Balaban J connectivity index is 1.48. The molecule has 1 aromatic rings. The van der Waals surface area contributed by atoms with Gasteiger partial charge in [0.25, 0.3) is 0 Å². The van der Waals surface area contributed by atoms with Crippen molar-refractivity contribution in [2.24, 2.45) is 5.41 Å². The molecule has 1 spiro atoms. The van der Waals surface area contributed by atoms with Gasteiger partial charge in [-0.15, -0.1) is 0 Å². The molecule has 0 radical (unpaired) electrons. The third kappa shape index (κ3) is 3.31. The van der Waals surface area contributed by atoms with Crippen molar-refractivity contribution in [2.75, 3.05) is 26.3 Å². The van der Waals surface area contributed by atoms with Crippen molar-refractivity contribution in [2.45, 2.75) is 51.2 Å². The Kier molecular flexibility index (Phi) is 5.17. The fourth-order valence-electron chi connectivity index (χ4n) is 3.86. The molecule has 1 aliphatic carbocycles. The lowest BCUT2D eigenvalue weighted by Gasteiger charge is -2.56. The fraction of sp³-hybridized carbons (Fsp3) is 0.812. The van der Waals surface area contributed by atoms with Gasteiger partial charge in [-0.2, -0.15) is 5.10 Å². The molecular formula is C16H26N4O4. The SMILES string of the molecule is Cc1nc(CCC(=O)N2CCC3(CC2)[C@H](O)C[C@@H]3OCCO)n[nH]1. The average Bonchev–Trinajstić information content (AvgIpc) is 3.01. The maximum atomic E-state index is 12.4. The van der Waals surface area contributed by atoms with Crippen LogP contribution in [-0.4, -0.2) is 74.7 Å². The highest BCUT2D eigenvalue weighted by atomic mass is 16.5. The molecule has 1 amide bonds. The third-order valence-electron chi connectivity index (χ3n) is 5.41. The van der Waals surface area contributed by atoms with Gasteiger partial charge < -0.3 is 19.8 Å². The van der Waals surface area contributed by atoms with Crippen LogP contribution in [0, 0.1) is 12.3 Å². The van der Waals surface area contributed by atoms with Crippen molar-refractivity contribution in [3.05, 3.63) is 11.6 Å². The van der Waals surface area contributed by atoms with Crippen LogP contribution in [0.4, 0.5) is 0 Å². The van der Waals surface area contributed by atoms with Gasteiger partial charge in [0.2, 0.25) is 5.91 Å². The summed E-state index contributed by atoms with van der Waals surface area (Å²) in [6.07, 6.45) is 2.68. The second kappa shape index (κ2) is 7.16. The van der Waals surface area contributed by atoms with Crippen LogP contribution in [0.5, 0.6) is 0 Å². The van der Waals surface area contributed by atoms with Gasteiger partial charge >= 0.3 is 0 Å². The minimum atomic E-state index is -0.366. The van der Waals surface area contributed by atoms with Crippen LogP contribution in [0.25, 0.3) is 0 Å². The van der Waals surface area contributed by atoms with E-state index in [1.54, 1.807) is 0 Å². The van der Waals surface area contributed by atoms with Crippen LogP contribution in [0.3, 0.4) is 0 Å². The average molecular weight is 338 g/mol. The van der Waals surface area contributed by atoms with Gasteiger partial charge in [-0.25, -0.2) is 4.98 Å². The largest absolute Gasteiger partial charge is 0.394 e. The summed E-state index contributed by atoms with van der Waals surface area (Å²) < 4.78 is 5.66. The molecule has 134 valence electrons. The van der Waals surface area contributed by atoms with E-state index < -0.39 is 0 Å². The molecule has 1 saturated carbocycles. The standard InChI is InChI=1S/C16H26N4O4/c1-11-17-14(19-18-11)2-3-15(23)20-6-4-16(5-7-20)12(22)10-13(16)24-9-8-21/h12-13,21-22H,2-10H2,1H3,(H,17,18,19)/t12-,13+/m1/s1. The van der Waals surface area contributed by atoms with Gasteiger partial charge in [-0.05, 0) is 19.8 Å². The molecule has 24 heavy (non-hydrogen) atoms. The van der Waals surface area contributed by atoms with Crippen LogP contribution in [0.1, 0.15) is 37.3 Å². The van der Waals surface area contributed by atoms with E-state index in [9.17, 15) is 9.90 Å². The van der Waals surface area contributed by atoms with Gasteiger partial charge in [-0.3, -0.25) is 9.89 Å². The van der Waals surface area contributed by atoms with Gasteiger partial charge in [0.15, 0.2) is 5.82 Å². The number of piperidine rings is 1. The number of rotatable bonds is 6. The molecular weight excluding hydrogens is 312 g/mol. The smallest absolute Gasteiger partial charge is 0.223 e. The second-order valence-corrected chi connectivity index (χ2v) is 6.79. The van der Waals surface area contributed by atoms with E-state index in [0.717, 1.165) is 18.7 Å². The number of aliphatic hydroxyl groups excluding tert-OH is 2. The first kappa shape index (κ1) is 17.3. The monoisotopic (exact) mass is 338 g/mol. The molecule has 0 aromatic carbocycles. The first-order valence-corrected chi connectivity index (χ1v) is 8.61. The Morgan fingerprint density at radius 3 is 2.79 bits per heavy atom. The van der Waals surface area contributed by atoms with E-state index in [1.165, 1.54) is 0 Å². The summed E-state index contributed by atoms with van der Waals surface area (Å²) in [5.74, 6) is 1.53. The summed E-state index contributed by atoms with van der Waals surface area (Å²) in [4.78, 5) is 18.4. The van der Waals surface area contributed by atoms with E-state index in [4.69, 9.17) is 9.84 Å². The topological polar surface area (TPSA) is 112 Å². The molecule has 8 heteroatoms. The molecule has 2 atom stereocenters. The highest BCUT2D eigenvalue weighted by Crippen LogP contribution is 2.50. The van der Waals surface area contributed by atoms with Crippen molar-refractivity contribution < 1.29 is 19.7 Å². The molecule has 2 aliphatic rings. The number of H-pyrrole nitrogens is 1. The van der Waals surface area contributed by atoms with Gasteiger partial charge in [0.05, 0.1) is 25.4 Å². The van der Waals surface area contributed by atoms with Gasteiger partial charge in [-0.1, -0.05) is 0 Å². The van der Waals surface area contributed by atoms with Gasteiger partial charge in [0, 0.05) is 37.8 Å². The zero-order valence-electron chi connectivity index (χ0n) is 14.1. The number of nitrogens with zero attached hydrogens (tertiary/aromatic N) is 3. The van der Waals surface area contributed by atoms with Crippen molar-refractivity contribution in [1.29, 1.82) is 0 Å². The molecule has 3 rings (SSSR count). The van der Waals surface area contributed by atoms with Crippen molar-refractivity contribution in [1.82, 2.24) is 20.1 Å². The maximum absolute atomic E-state index is 12.4. The van der Waals surface area contributed by atoms with Crippen LogP contribution >= 0.6 is 0 Å². The lowest BCUT2D eigenvalue weighted by molar-refractivity contribution is -0.213. The number of hydrogen-bond donors (Lipinski definition) is 3. The minimum absolute atomic E-state index is 0.00597. The number of nitrogens with one attached hydrogen (secondary N) is 1. The molecule has 0 unspecified atom stereocenters. The third-order valence-corrected chi connectivity index (χ3v) is 5.41. The summed E-state index contributed by atoms with van der Waals surface area (Å²) in [5.41, 5.74) is -0.243. The number of aryl methyl sites for hydroxylation is 2. The Hall–Kier alpha value is -1.51. The molecule has 0 bridgehead atoms. The molecule has 2 heterocycles. The number of amides is 1.